The molecule has 0 unspecified atom stereocenters. The van der Waals surface area contributed by atoms with Crippen LogP contribution in [0.3, 0.4) is 0 Å². The van der Waals surface area contributed by atoms with Gasteiger partial charge in [0.15, 0.2) is 6.61 Å². The molecule has 10 heteroatoms. The molecule has 29 heavy (non-hydrogen) atoms. The van der Waals surface area contributed by atoms with Gasteiger partial charge in [-0.1, -0.05) is 53.0 Å². The molecule has 1 heterocycles. The molecule has 1 aliphatic heterocycles. The summed E-state index contributed by atoms with van der Waals surface area (Å²) in [4.78, 5) is 36.4. The summed E-state index contributed by atoms with van der Waals surface area (Å²) in [6, 6.07) is 11.5. The van der Waals surface area contributed by atoms with Crippen molar-refractivity contribution >= 4 is 69.7 Å². The molecular weight excluding hydrogens is 441 g/mol. The largest absolute Gasteiger partial charge is 0.451 e. The first-order chi connectivity index (χ1) is 13.8. The van der Waals surface area contributed by atoms with Crippen LogP contribution in [0.1, 0.15) is 12.8 Å². The molecular formula is C19H14Cl3N3O4. The molecule has 0 saturated heterocycles. The topological polar surface area (TPSA) is 88.1 Å². The van der Waals surface area contributed by atoms with Crippen LogP contribution in [0.5, 0.6) is 0 Å². The number of anilines is 2. The van der Waals surface area contributed by atoms with E-state index in [2.05, 4.69) is 10.4 Å². The first-order valence-electron chi connectivity index (χ1n) is 8.42. The Morgan fingerprint density at radius 3 is 2.45 bits per heavy atom. The highest BCUT2D eigenvalue weighted by Crippen LogP contribution is 2.32. The number of ether oxygens (including phenoxy) is 1. The fraction of sp³-hybridized carbons (Fsp3) is 0.158. The molecule has 7 nitrogen and oxygen atoms in total. The van der Waals surface area contributed by atoms with E-state index in [0.717, 1.165) is 5.01 Å². The number of para-hydroxylation sites is 1. The minimum atomic E-state index is -0.784. The van der Waals surface area contributed by atoms with Crippen LogP contribution in [0, 0.1) is 0 Å². The number of hydrogen-bond donors (Lipinski definition) is 1. The average molecular weight is 455 g/mol. The van der Waals surface area contributed by atoms with Crippen LogP contribution in [-0.4, -0.2) is 30.1 Å². The lowest BCUT2D eigenvalue weighted by molar-refractivity contribution is -0.140. The van der Waals surface area contributed by atoms with E-state index in [1.54, 1.807) is 30.3 Å². The third kappa shape index (κ3) is 5.26. The van der Waals surface area contributed by atoms with E-state index in [4.69, 9.17) is 39.5 Å². The summed E-state index contributed by atoms with van der Waals surface area (Å²) in [5, 5.41) is 8.35. The molecule has 0 aromatic heterocycles. The van der Waals surface area contributed by atoms with Crippen LogP contribution in [0.15, 0.2) is 47.6 Å². The van der Waals surface area contributed by atoms with Crippen LogP contribution in [0.2, 0.25) is 15.1 Å². The molecule has 2 aromatic carbocycles. The van der Waals surface area contributed by atoms with Crippen LogP contribution in [0.25, 0.3) is 0 Å². The van der Waals surface area contributed by atoms with E-state index in [9.17, 15) is 14.4 Å². The zero-order valence-corrected chi connectivity index (χ0v) is 17.1. The molecule has 150 valence electrons. The van der Waals surface area contributed by atoms with E-state index >= 15 is 0 Å². The van der Waals surface area contributed by atoms with Crippen molar-refractivity contribution in [1.29, 1.82) is 0 Å². The standard InChI is InChI=1S/C19H14Cl3N3O4/c20-12-8-14(22)16(9-13(12)21)23-17(26)10-29-19(28)15-6-7-18(27)25(24-15)11-4-2-1-3-5-11/h1-5,8-9H,6-7,10H2,(H,23,26). The van der Waals surface area contributed by atoms with Gasteiger partial charge in [0.25, 0.3) is 5.91 Å². The van der Waals surface area contributed by atoms with Crippen LogP contribution in [-0.2, 0) is 19.1 Å². The van der Waals surface area contributed by atoms with Crippen molar-refractivity contribution in [2.24, 2.45) is 5.10 Å². The molecule has 2 aromatic rings. The number of esters is 1. The van der Waals surface area contributed by atoms with Crippen LogP contribution in [0.4, 0.5) is 11.4 Å². The van der Waals surface area contributed by atoms with Gasteiger partial charge in [0.05, 0.1) is 26.4 Å². The Morgan fingerprint density at radius 2 is 1.72 bits per heavy atom. The fourth-order valence-corrected chi connectivity index (χ4v) is 3.08. The Morgan fingerprint density at radius 1 is 1.03 bits per heavy atom. The molecule has 0 atom stereocenters. The molecule has 1 aliphatic rings. The Labute approximate surface area is 181 Å². The molecule has 0 radical (unpaired) electrons. The molecule has 0 bridgehead atoms. The predicted molar refractivity (Wildman–Crippen MR) is 112 cm³/mol. The number of hydrogen-bond acceptors (Lipinski definition) is 5. The summed E-state index contributed by atoms with van der Waals surface area (Å²) < 4.78 is 5.01. The highest BCUT2D eigenvalue weighted by Gasteiger charge is 2.26. The molecule has 3 rings (SSSR count). The van der Waals surface area contributed by atoms with E-state index in [-0.39, 0.29) is 45.2 Å². The number of halogens is 3. The number of carbonyl (C=O) groups is 3. The van der Waals surface area contributed by atoms with Crippen molar-refractivity contribution in [2.75, 3.05) is 16.9 Å². The average Bonchev–Trinajstić information content (AvgIpc) is 2.71. The van der Waals surface area contributed by atoms with Gasteiger partial charge >= 0.3 is 5.97 Å². The lowest BCUT2D eigenvalue weighted by Gasteiger charge is -2.22. The number of hydrazone groups is 1. The highest BCUT2D eigenvalue weighted by atomic mass is 35.5. The predicted octanol–water partition coefficient (Wildman–Crippen LogP) is 4.31. The Bertz CT molecular complexity index is 996. The Hall–Kier alpha value is -2.61. The second-order valence-corrected chi connectivity index (χ2v) is 7.18. The number of nitrogens with zero attached hydrogens (tertiary/aromatic N) is 2. The van der Waals surface area contributed by atoms with Crippen molar-refractivity contribution in [1.82, 2.24) is 0 Å². The molecule has 0 saturated carbocycles. The van der Waals surface area contributed by atoms with Gasteiger partial charge in [-0.3, -0.25) is 9.59 Å². The van der Waals surface area contributed by atoms with Gasteiger partial charge in [0.1, 0.15) is 5.71 Å². The Balaban J connectivity index is 1.62. The summed E-state index contributed by atoms with van der Waals surface area (Å²) >= 11 is 17.7. The lowest BCUT2D eigenvalue weighted by atomic mass is 10.1. The summed E-state index contributed by atoms with van der Waals surface area (Å²) in [6.07, 6.45) is 0.231. The molecule has 0 spiro atoms. The van der Waals surface area contributed by atoms with Gasteiger partial charge in [-0.15, -0.1) is 0 Å². The van der Waals surface area contributed by atoms with Gasteiger partial charge in [-0.2, -0.15) is 5.10 Å². The highest BCUT2D eigenvalue weighted by molar-refractivity contribution is 6.44. The molecule has 2 amide bonds. The van der Waals surface area contributed by atoms with Crippen molar-refractivity contribution in [3.8, 4) is 0 Å². The monoisotopic (exact) mass is 453 g/mol. The van der Waals surface area contributed by atoms with Crippen LogP contribution >= 0.6 is 34.8 Å². The van der Waals surface area contributed by atoms with E-state index < -0.39 is 18.5 Å². The lowest BCUT2D eigenvalue weighted by Crippen LogP contribution is -2.35. The summed E-state index contributed by atoms with van der Waals surface area (Å²) in [6.45, 7) is -0.562. The normalized spacial score (nSPS) is 13.7. The quantitative estimate of drug-likeness (QED) is 0.538. The minimum absolute atomic E-state index is 0.0498. The zero-order valence-electron chi connectivity index (χ0n) is 14.8. The van der Waals surface area contributed by atoms with Gasteiger partial charge in [0, 0.05) is 12.8 Å². The number of rotatable bonds is 5. The maximum atomic E-state index is 12.3. The van der Waals surface area contributed by atoms with Crippen molar-refractivity contribution in [3.05, 3.63) is 57.5 Å². The first kappa shape index (κ1) is 21.1. The molecule has 0 aliphatic carbocycles. The van der Waals surface area contributed by atoms with Crippen molar-refractivity contribution in [2.45, 2.75) is 12.8 Å². The summed E-state index contributed by atoms with van der Waals surface area (Å²) in [7, 11) is 0. The number of carbonyl (C=O) groups excluding carboxylic acids is 3. The first-order valence-corrected chi connectivity index (χ1v) is 9.55. The SMILES string of the molecule is O=C(COC(=O)C1=NN(c2ccccc2)C(=O)CC1)Nc1cc(Cl)c(Cl)cc1Cl. The third-order valence-corrected chi connectivity index (χ3v) is 4.92. The van der Waals surface area contributed by atoms with Gasteiger partial charge in [-0.05, 0) is 24.3 Å². The van der Waals surface area contributed by atoms with Gasteiger partial charge < -0.3 is 10.1 Å². The second kappa shape index (κ2) is 9.26. The number of benzene rings is 2. The van der Waals surface area contributed by atoms with Gasteiger partial charge in [-0.25, -0.2) is 9.80 Å². The van der Waals surface area contributed by atoms with E-state index in [1.165, 1.54) is 12.1 Å². The maximum Gasteiger partial charge on any atom is 0.355 e. The second-order valence-electron chi connectivity index (χ2n) is 5.96. The summed E-state index contributed by atoms with van der Waals surface area (Å²) in [5.41, 5.74) is 0.821. The summed E-state index contributed by atoms with van der Waals surface area (Å²) in [5.74, 6) is -1.64. The molecule has 0 fully saturated rings. The minimum Gasteiger partial charge on any atom is -0.451 e. The van der Waals surface area contributed by atoms with Gasteiger partial charge in [0.2, 0.25) is 5.91 Å². The van der Waals surface area contributed by atoms with Crippen molar-refractivity contribution in [3.63, 3.8) is 0 Å². The number of amides is 2. The van der Waals surface area contributed by atoms with Crippen LogP contribution < -0.4 is 10.3 Å². The zero-order chi connectivity index (χ0) is 21.0. The van der Waals surface area contributed by atoms with E-state index in [1.807, 2.05) is 0 Å². The third-order valence-electron chi connectivity index (χ3n) is 3.89. The fourth-order valence-electron chi connectivity index (χ4n) is 2.49. The number of nitrogens with one attached hydrogen (secondary N) is 1. The molecule has 1 N–H and O–H groups in total. The smallest absolute Gasteiger partial charge is 0.355 e. The Kier molecular flexibility index (Phi) is 6.74. The van der Waals surface area contributed by atoms with E-state index in [0.29, 0.717) is 5.69 Å². The van der Waals surface area contributed by atoms with Crippen molar-refractivity contribution < 1.29 is 19.1 Å². The maximum absolute atomic E-state index is 12.3.